The fourth-order valence-corrected chi connectivity index (χ4v) is 3.01. The summed E-state index contributed by atoms with van der Waals surface area (Å²) in [4.78, 5) is 0. The van der Waals surface area contributed by atoms with E-state index in [0.29, 0.717) is 6.04 Å². The summed E-state index contributed by atoms with van der Waals surface area (Å²) in [5, 5.41) is 3.65. The van der Waals surface area contributed by atoms with E-state index >= 15 is 0 Å². The van der Waals surface area contributed by atoms with E-state index < -0.39 is 0 Å². The van der Waals surface area contributed by atoms with Crippen LogP contribution in [0.3, 0.4) is 0 Å². The molecule has 1 aliphatic rings. The maximum absolute atomic E-state index is 6.47. The van der Waals surface area contributed by atoms with Crippen molar-refractivity contribution in [1.82, 2.24) is 5.32 Å². The molecule has 1 N–H and O–H groups in total. The van der Waals surface area contributed by atoms with Gasteiger partial charge in [-0.15, -0.1) is 0 Å². The van der Waals surface area contributed by atoms with Crippen molar-refractivity contribution in [1.29, 1.82) is 0 Å². The van der Waals surface area contributed by atoms with Crippen LogP contribution in [0.15, 0.2) is 24.3 Å². The van der Waals surface area contributed by atoms with Crippen LogP contribution in [0.2, 0.25) is 0 Å². The summed E-state index contributed by atoms with van der Waals surface area (Å²) in [6.07, 6.45) is 4.83. The smallest absolute Gasteiger partial charge is 0.0777 e. The molecule has 112 valence electrons. The van der Waals surface area contributed by atoms with Crippen molar-refractivity contribution in [2.45, 2.75) is 71.1 Å². The summed E-state index contributed by atoms with van der Waals surface area (Å²) < 4.78 is 6.47. The third-order valence-corrected chi connectivity index (χ3v) is 4.44. The van der Waals surface area contributed by atoms with E-state index in [0.717, 1.165) is 19.4 Å². The highest BCUT2D eigenvalue weighted by Crippen LogP contribution is 2.33. The highest BCUT2D eigenvalue weighted by molar-refractivity contribution is 5.32. The molecule has 2 rings (SSSR count). The number of nitrogens with one attached hydrogen (secondary N) is 1. The average Bonchev–Trinajstić information content (AvgIpc) is 2.60. The lowest BCUT2D eigenvalue weighted by Crippen LogP contribution is -2.39. The third kappa shape index (κ3) is 3.62. The zero-order chi connectivity index (χ0) is 14.6. The maximum Gasteiger partial charge on any atom is 0.0777 e. The Labute approximate surface area is 123 Å². The summed E-state index contributed by atoms with van der Waals surface area (Å²) in [5.41, 5.74) is 2.88. The first-order valence-electron chi connectivity index (χ1n) is 8.06. The van der Waals surface area contributed by atoms with Crippen LogP contribution in [0.5, 0.6) is 0 Å². The number of likely N-dealkylation sites (N-methyl/N-ethyl adjacent to an activating group) is 1. The largest absolute Gasteiger partial charge is 0.370 e. The first-order valence-corrected chi connectivity index (χ1v) is 8.06. The van der Waals surface area contributed by atoms with Crippen LogP contribution >= 0.6 is 0 Å². The van der Waals surface area contributed by atoms with E-state index in [1.165, 1.54) is 24.0 Å². The number of rotatable bonds is 5. The van der Waals surface area contributed by atoms with Crippen molar-refractivity contribution in [2.75, 3.05) is 6.54 Å². The van der Waals surface area contributed by atoms with Gasteiger partial charge < -0.3 is 10.1 Å². The van der Waals surface area contributed by atoms with E-state index in [-0.39, 0.29) is 11.7 Å². The quantitative estimate of drug-likeness (QED) is 0.811. The SMILES string of the molecule is CCNC1c2ccccc2CCCC1OC(C)(C)CC. The van der Waals surface area contributed by atoms with Gasteiger partial charge in [0.1, 0.15) is 0 Å². The summed E-state index contributed by atoms with van der Waals surface area (Å²) in [5.74, 6) is 0. The monoisotopic (exact) mass is 275 g/mol. The minimum absolute atomic E-state index is 0.0440. The molecule has 2 atom stereocenters. The molecule has 1 aromatic rings. The predicted molar refractivity (Wildman–Crippen MR) is 85.0 cm³/mol. The van der Waals surface area contributed by atoms with Crippen molar-refractivity contribution in [3.63, 3.8) is 0 Å². The minimum Gasteiger partial charge on any atom is -0.370 e. The zero-order valence-corrected chi connectivity index (χ0v) is 13.4. The van der Waals surface area contributed by atoms with Crippen molar-refractivity contribution < 1.29 is 4.74 Å². The lowest BCUT2D eigenvalue weighted by atomic mass is 9.96. The molecule has 0 saturated carbocycles. The van der Waals surface area contributed by atoms with Crippen molar-refractivity contribution >= 4 is 0 Å². The summed E-state index contributed by atoms with van der Waals surface area (Å²) in [6.45, 7) is 9.76. The first kappa shape index (κ1) is 15.5. The average molecular weight is 275 g/mol. The molecule has 0 heterocycles. The summed E-state index contributed by atoms with van der Waals surface area (Å²) in [6, 6.07) is 9.16. The molecule has 0 aliphatic heterocycles. The molecule has 0 radical (unpaired) electrons. The second-order valence-corrected chi connectivity index (χ2v) is 6.40. The Bertz CT molecular complexity index is 427. The molecule has 2 unspecified atom stereocenters. The van der Waals surface area contributed by atoms with Gasteiger partial charge in [0.25, 0.3) is 0 Å². The van der Waals surface area contributed by atoms with Gasteiger partial charge >= 0.3 is 0 Å². The highest BCUT2D eigenvalue weighted by atomic mass is 16.5. The number of ether oxygens (including phenoxy) is 1. The number of hydrogen-bond acceptors (Lipinski definition) is 2. The van der Waals surface area contributed by atoms with E-state index in [1.54, 1.807) is 0 Å². The Hall–Kier alpha value is -0.860. The lowest BCUT2D eigenvalue weighted by Gasteiger charge is -2.35. The predicted octanol–water partition coefficient (Wildman–Crippen LogP) is 4.25. The molecular formula is C18H29NO. The molecule has 0 saturated heterocycles. The van der Waals surface area contributed by atoms with Crippen LogP contribution in [0.4, 0.5) is 0 Å². The van der Waals surface area contributed by atoms with E-state index in [9.17, 15) is 0 Å². The van der Waals surface area contributed by atoms with Crippen molar-refractivity contribution in [3.8, 4) is 0 Å². The lowest BCUT2D eigenvalue weighted by molar-refractivity contribution is -0.0907. The van der Waals surface area contributed by atoms with Gasteiger partial charge in [0.05, 0.1) is 17.7 Å². The first-order chi connectivity index (χ1) is 9.57. The van der Waals surface area contributed by atoms with E-state index in [4.69, 9.17) is 4.74 Å². The third-order valence-electron chi connectivity index (χ3n) is 4.44. The molecule has 2 heteroatoms. The Kier molecular flexibility index (Phi) is 5.22. The second-order valence-electron chi connectivity index (χ2n) is 6.40. The number of aryl methyl sites for hydroxylation is 1. The zero-order valence-electron chi connectivity index (χ0n) is 13.4. The number of benzene rings is 1. The topological polar surface area (TPSA) is 21.3 Å². The molecule has 0 fully saturated rings. The van der Waals surface area contributed by atoms with Gasteiger partial charge in [-0.3, -0.25) is 0 Å². The Balaban J connectivity index is 2.27. The Morgan fingerprint density at radius 2 is 2.00 bits per heavy atom. The maximum atomic E-state index is 6.47. The Morgan fingerprint density at radius 3 is 2.70 bits per heavy atom. The summed E-state index contributed by atoms with van der Waals surface area (Å²) >= 11 is 0. The fourth-order valence-electron chi connectivity index (χ4n) is 3.01. The molecule has 1 aliphatic carbocycles. The van der Waals surface area contributed by atoms with Crippen LogP contribution in [0.25, 0.3) is 0 Å². The number of fused-ring (bicyclic) bond motifs is 1. The van der Waals surface area contributed by atoms with Gasteiger partial charge in [0.2, 0.25) is 0 Å². The van der Waals surface area contributed by atoms with Gasteiger partial charge in [0, 0.05) is 0 Å². The molecule has 0 aromatic heterocycles. The van der Waals surface area contributed by atoms with E-state index in [1.807, 2.05) is 0 Å². The molecule has 0 bridgehead atoms. The van der Waals surface area contributed by atoms with Gasteiger partial charge in [-0.2, -0.15) is 0 Å². The standard InChI is InChI=1S/C18H29NO/c1-5-18(3,4)20-16-13-9-11-14-10-7-8-12-15(14)17(16)19-6-2/h7-8,10,12,16-17,19H,5-6,9,11,13H2,1-4H3. The van der Waals surface area contributed by atoms with Gasteiger partial charge in [-0.1, -0.05) is 38.1 Å². The molecular weight excluding hydrogens is 246 g/mol. The van der Waals surface area contributed by atoms with Crippen molar-refractivity contribution in [2.24, 2.45) is 0 Å². The molecule has 2 nitrogen and oxygen atoms in total. The highest BCUT2D eigenvalue weighted by Gasteiger charge is 2.31. The van der Waals surface area contributed by atoms with Crippen LogP contribution < -0.4 is 5.32 Å². The molecule has 20 heavy (non-hydrogen) atoms. The van der Waals surface area contributed by atoms with Crippen LogP contribution in [-0.4, -0.2) is 18.2 Å². The summed E-state index contributed by atoms with van der Waals surface area (Å²) in [7, 11) is 0. The normalized spacial score (nSPS) is 23.2. The van der Waals surface area contributed by atoms with E-state index in [2.05, 4.69) is 57.3 Å². The second kappa shape index (κ2) is 6.73. The van der Waals surface area contributed by atoms with Crippen LogP contribution in [0.1, 0.15) is 64.1 Å². The minimum atomic E-state index is -0.0440. The van der Waals surface area contributed by atoms with Crippen LogP contribution in [0, 0.1) is 0 Å². The number of hydrogen-bond donors (Lipinski definition) is 1. The molecule has 0 spiro atoms. The molecule has 0 amide bonds. The van der Waals surface area contributed by atoms with Gasteiger partial charge in [-0.25, -0.2) is 0 Å². The van der Waals surface area contributed by atoms with Gasteiger partial charge in [-0.05, 0) is 57.2 Å². The van der Waals surface area contributed by atoms with Gasteiger partial charge in [0.15, 0.2) is 0 Å². The Morgan fingerprint density at radius 1 is 1.25 bits per heavy atom. The molecule has 1 aromatic carbocycles. The van der Waals surface area contributed by atoms with Crippen LogP contribution in [-0.2, 0) is 11.2 Å². The fraction of sp³-hybridized carbons (Fsp3) is 0.667. The van der Waals surface area contributed by atoms with Crippen molar-refractivity contribution in [3.05, 3.63) is 35.4 Å².